The van der Waals surface area contributed by atoms with Gasteiger partial charge in [-0.2, -0.15) is 5.10 Å². The number of amidine groups is 1. The Balaban J connectivity index is 2.22. The van der Waals surface area contributed by atoms with Gasteiger partial charge in [-0.25, -0.2) is 0 Å². The molecule has 5 heteroatoms. The fourth-order valence-corrected chi connectivity index (χ4v) is 3.10. The van der Waals surface area contributed by atoms with Crippen molar-refractivity contribution < 1.29 is 0 Å². The number of anilines is 1. The van der Waals surface area contributed by atoms with Crippen molar-refractivity contribution in [1.82, 2.24) is 9.78 Å². The van der Waals surface area contributed by atoms with Crippen LogP contribution in [-0.2, 0) is 7.05 Å². The highest BCUT2D eigenvalue weighted by Crippen LogP contribution is 2.30. The Labute approximate surface area is 115 Å². The van der Waals surface area contributed by atoms with Crippen molar-refractivity contribution in [2.45, 2.75) is 33.6 Å². The lowest BCUT2D eigenvalue weighted by Crippen LogP contribution is -2.37. The van der Waals surface area contributed by atoms with E-state index in [1.165, 1.54) is 12.8 Å². The van der Waals surface area contributed by atoms with E-state index in [1.807, 2.05) is 18.7 Å². The molecule has 0 aromatic carbocycles. The second kappa shape index (κ2) is 5.23. The Morgan fingerprint density at radius 3 is 2.42 bits per heavy atom. The molecule has 0 saturated carbocycles. The van der Waals surface area contributed by atoms with E-state index in [-0.39, 0.29) is 5.84 Å². The van der Waals surface area contributed by atoms with Crippen LogP contribution in [0.25, 0.3) is 0 Å². The average Bonchev–Trinajstić information content (AvgIpc) is 2.64. The minimum Gasteiger partial charge on any atom is -0.384 e. The molecule has 106 valence electrons. The van der Waals surface area contributed by atoms with E-state index in [9.17, 15) is 0 Å². The smallest absolute Gasteiger partial charge is 0.137 e. The summed E-state index contributed by atoms with van der Waals surface area (Å²) in [5.74, 6) is 2.69. The van der Waals surface area contributed by atoms with E-state index in [0.29, 0.717) is 0 Å². The predicted octanol–water partition coefficient (Wildman–Crippen LogP) is 1.88. The zero-order valence-electron chi connectivity index (χ0n) is 12.4. The van der Waals surface area contributed by atoms with Crippen molar-refractivity contribution in [3.8, 4) is 0 Å². The van der Waals surface area contributed by atoms with Crippen LogP contribution in [0.1, 0.15) is 37.9 Å². The maximum atomic E-state index is 7.75. The van der Waals surface area contributed by atoms with Gasteiger partial charge in [0.15, 0.2) is 0 Å². The molecular formula is C14H25N5. The molecule has 0 bridgehead atoms. The number of nitrogens with zero attached hydrogens (tertiary/aromatic N) is 3. The van der Waals surface area contributed by atoms with Crippen LogP contribution in [-0.4, -0.2) is 28.7 Å². The molecule has 1 saturated heterocycles. The van der Waals surface area contributed by atoms with Gasteiger partial charge in [0.1, 0.15) is 11.7 Å². The molecule has 1 aliphatic rings. The quantitative estimate of drug-likeness (QED) is 0.646. The zero-order valence-corrected chi connectivity index (χ0v) is 12.4. The van der Waals surface area contributed by atoms with Crippen LogP contribution >= 0.6 is 0 Å². The van der Waals surface area contributed by atoms with Crippen molar-refractivity contribution in [3.63, 3.8) is 0 Å². The Bertz CT molecular complexity index is 466. The first-order valence-corrected chi connectivity index (χ1v) is 7.04. The summed E-state index contributed by atoms with van der Waals surface area (Å²) < 4.78 is 1.86. The molecule has 3 N–H and O–H groups in total. The Hall–Kier alpha value is -1.52. The van der Waals surface area contributed by atoms with Gasteiger partial charge in [-0.3, -0.25) is 10.1 Å². The zero-order chi connectivity index (χ0) is 14.2. The molecule has 2 heterocycles. The van der Waals surface area contributed by atoms with Gasteiger partial charge in [0.05, 0.1) is 11.3 Å². The number of piperidine rings is 1. The molecule has 5 nitrogen and oxygen atoms in total. The van der Waals surface area contributed by atoms with Crippen LogP contribution in [0, 0.1) is 24.2 Å². The van der Waals surface area contributed by atoms with Gasteiger partial charge in [0.2, 0.25) is 0 Å². The number of rotatable bonds is 3. The molecule has 1 aliphatic heterocycles. The molecular weight excluding hydrogens is 238 g/mol. The molecule has 2 rings (SSSR count). The molecule has 0 aliphatic carbocycles. The molecule has 0 unspecified atom stereocenters. The third-order valence-corrected chi connectivity index (χ3v) is 4.24. The van der Waals surface area contributed by atoms with Gasteiger partial charge in [0, 0.05) is 20.1 Å². The number of nitrogen functional groups attached to an aromatic ring is 1. The van der Waals surface area contributed by atoms with Gasteiger partial charge in [0.25, 0.3) is 0 Å². The van der Waals surface area contributed by atoms with Crippen molar-refractivity contribution in [2.24, 2.45) is 24.6 Å². The summed E-state index contributed by atoms with van der Waals surface area (Å²) >= 11 is 0. The van der Waals surface area contributed by atoms with Crippen LogP contribution in [0.3, 0.4) is 0 Å². The van der Waals surface area contributed by atoms with Crippen molar-refractivity contribution >= 4 is 11.7 Å². The summed E-state index contributed by atoms with van der Waals surface area (Å²) in [5.41, 5.74) is 7.35. The maximum absolute atomic E-state index is 7.75. The molecule has 0 atom stereocenters. The van der Waals surface area contributed by atoms with Gasteiger partial charge in [-0.1, -0.05) is 13.8 Å². The summed E-state index contributed by atoms with van der Waals surface area (Å²) in [6.07, 6.45) is 2.42. The Morgan fingerprint density at radius 2 is 1.95 bits per heavy atom. The fourth-order valence-electron chi connectivity index (χ4n) is 3.10. The number of nitrogens with one attached hydrogen (secondary N) is 1. The lowest BCUT2D eigenvalue weighted by atomic mass is 9.86. The average molecular weight is 263 g/mol. The lowest BCUT2D eigenvalue weighted by Gasteiger charge is -2.35. The topological polar surface area (TPSA) is 70.9 Å². The number of aromatic nitrogens is 2. The lowest BCUT2D eigenvalue weighted by molar-refractivity contribution is 0.309. The molecule has 0 spiro atoms. The number of hydrogen-bond acceptors (Lipinski definition) is 3. The third-order valence-electron chi connectivity index (χ3n) is 4.24. The first-order valence-electron chi connectivity index (χ1n) is 7.04. The summed E-state index contributed by atoms with van der Waals surface area (Å²) in [5, 5.41) is 12.2. The van der Waals surface area contributed by atoms with E-state index in [4.69, 9.17) is 11.1 Å². The summed E-state index contributed by atoms with van der Waals surface area (Å²) in [6.45, 7) is 8.58. The van der Waals surface area contributed by atoms with Crippen molar-refractivity contribution in [3.05, 3.63) is 11.3 Å². The van der Waals surface area contributed by atoms with Gasteiger partial charge < -0.3 is 10.6 Å². The molecule has 1 aromatic heterocycles. The molecule has 0 radical (unpaired) electrons. The summed E-state index contributed by atoms with van der Waals surface area (Å²) in [6, 6.07) is 0. The molecule has 1 aromatic rings. The van der Waals surface area contributed by atoms with Gasteiger partial charge >= 0.3 is 0 Å². The SMILES string of the molecule is Cc1nn(C)c(N2CCC(C(C)C)CC2)c1C(=N)N. The van der Waals surface area contributed by atoms with Gasteiger partial charge in [-0.15, -0.1) is 0 Å². The largest absolute Gasteiger partial charge is 0.384 e. The molecule has 0 amide bonds. The van der Waals surface area contributed by atoms with Crippen LogP contribution in [0.5, 0.6) is 0 Å². The van der Waals surface area contributed by atoms with Gasteiger partial charge in [-0.05, 0) is 31.6 Å². The van der Waals surface area contributed by atoms with Crippen molar-refractivity contribution in [1.29, 1.82) is 5.41 Å². The van der Waals surface area contributed by atoms with E-state index < -0.39 is 0 Å². The monoisotopic (exact) mass is 263 g/mol. The highest BCUT2D eigenvalue weighted by molar-refractivity contribution is 6.00. The highest BCUT2D eigenvalue weighted by atomic mass is 15.4. The van der Waals surface area contributed by atoms with E-state index in [0.717, 1.165) is 42.0 Å². The van der Waals surface area contributed by atoms with E-state index in [2.05, 4.69) is 23.8 Å². The molecule has 1 fully saturated rings. The fraction of sp³-hybridized carbons (Fsp3) is 0.714. The standard InChI is InChI=1S/C14H25N5/c1-9(2)11-5-7-19(8-6-11)14-12(13(15)16)10(3)17-18(14)4/h9,11H,5-8H2,1-4H3,(H3,15,16). The van der Waals surface area contributed by atoms with Crippen LogP contribution < -0.4 is 10.6 Å². The first kappa shape index (κ1) is 13.9. The Kier molecular flexibility index (Phi) is 3.83. The minimum atomic E-state index is 0.117. The number of nitrogens with two attached hydrogens (primary N) is 1. The maximum Gasteiger partial charge on any atom is 0.137 e. The second-order valence-corrected chi connectivity index (χ2v) is 5.89. The Morgan fingerprint density at radius 1 is 1.37 bits per heavy atom. The highest BCUT2D eigenvalue weighted by Gasteiger charge is 2.26. The molecule has 19 heavy (non-hydrogen) atoms. The third kappa shape index (κ3) is 2.60. The second-order valence-electron chi connectivity index (χ2n) is 5.89. The van der Waals surface area contributed by atoms with Crippen LogP contribution in [0.15, 0.2) is 0 Å². The van der Waals surface area contributed by atoms with Crippen LogP contribution in [0.4, 0.5) is 5.82 Å². The van der Waals surface area contributed by atoms with Crippen LogP contribution in [0.2, 0.25) is 0 Å². The number of aryl methyl sites for hydroxylation is 2. The first-order chi connectivity index (χ1) is 8.91. The van der Waals surface area contributed by atoms with E-state index in [1.54, 1.807) is 0 Å². The predicted molar refractivity (Wildman–Crippen MR) is 78.7 cm³/mol. The summed E-state index contributed by atoms with van der Waals surface area (Å²) in [4.78, 5) is 2.33. The van der Waals surface area contributed by atoms with Crippen molar-refractivity contribution in [2.75, 3.05) is 18.0 Å². The minimum absolute atomic E-state index is 0.117. The normalized spacial score (nSPS) is 17.2. The summed E-state index contributed by atoms with van der Waals surface area (Å²) in [7, 11) is 1.93. The number of hydrogen-bond donors (Lipinski definition) is 2. The van der Waals surface area contributed by atoms with E-state index >= 15 is 0 Å².